The minimum atomic E-state index is -3.66. The number of amides is 1. The summed E-state index contributed by atoms with van der Waals surface area (Å²) in [5.74, 6) is -0.328. The molecule has 138 valence electrons. The fourth-order valence-corrected chi connectivity index (χ4v) is 4.39. The van der Waals surface area contributed by atoms with E-state index < -0.39 is 10.0 Å². The van der Waals surface area contributed by atoms with Gasteiger partial charge in [0.2, 0.25) is 10.0 Å². The number of benzene rings is 1. The Kier molecular flexibility index (Phi) is 5.17. The number of nitrogens with zero attached hydrogens (tertiary/aromatic N) is 2. The number of aromatic amines is 1. The summed E-state index contributed by atoms with van der Waals surface area (Å²) >= 11 is 5.81. The van der Waals surface area contributed by atoms with Gasteiger partial charge < -0.3 is 9.88 Å². The Bertz CT molecular complexity index is 929. The number of hydrogen-bond acceptors (Lipinski definition) is 4. The highest BCUT2D eigenvalue weighted by atomic mass is 35.5. The first-order chi connectivity index (χ1) is 12.3. The van der Waals surface area contributed by atoms with Crippen LogP contribution in [0.15, 0.2) is 41.4 Å². The van der Waals surface area contributed by atoms with E-state index in [-0.39, 0.29) is 29.7 Å². The van der Waals surface area contributed by atoms with E-state index in [2.05, 4.69) is 4.98 Å². The molecular weight excluding hydrogens is 378 g/mol. The Hall–Kier alpha value is -2.16. The number of rotatable bonds is 4. The van der Waals surface area contributed by atoms with Gasteiger partial charge in [-0.15, -0.1) is 0 Å². The number of Topliss-reactive ketones (excluding diaryl/α,β-unsaturated/α-hetero) is 1. The van der Waals surface area contributed by atoms with Crippen LogP contribution in [0.4, 0.5) is 0 Å². The first kappa shape index (κ1) is 18.6. The monoisotopic (exact) mass is 395 g/mol. The van der Waals surface area contributed by atoms with Crippen LogP contribution >= 0.6 is 11.6 Å². The molecule has 26 heavy (non-hydrogen) atoms. The van der Waals surface area contributed by atoms with E-state index in [0.717, 1.165) is 0 Å². The van der Waals surface area contributed by atoms with E-state index >= 15 is 0 Å². The summed E-state index contributed by atoms with van der Waals surface area (Å²) in [5.41, 5.74) is 0.843. The van der Waals surface area contributed by atoms with E-state index in [0.29, 0.717) is 29.4 Å². The molecule has 0 spiro atoms. The molecule has 7 nitrogen and oxygen atoms in total. The van der Waals surface area contributed by atoms with Crippen LogP contribution in [0.5, 0.6) is 0 Å². The molecular formula is C17H18ClN3O4S. The van der Waals surface area contributed by atoms with Gasteiger partial charge in [0.1, 0.15) is 5.69 Å². The van der Waals surface area contributed by atoms with Crippen molar-refractivity contribution in [1.29, 1.82) is 0 Å². The van der Waals surface area contributed by atoms with Gasteiger partial charge in [-0.05, 0) is 25.1 Å². The van der Waals surface area contributed by atoms with Crippen molar-refractivity contribution in [3.63, 3.8) is 0 Å². The summed E-state index contributed by atoms with van der Waals surface area (Å²) in [4.78, 5) is 28.2. The fraction of sp³-hybridized carbons (Fsp3) is 0.294. The predicted molar refractivity (Wildman–Crippen MR) is 96.9 cm³/mol. The molecule has 3 rings (SSSR count). The first-order valence-electron chi connectivity index (χ1n) is 8.03. The largest absolute Gasteiger partial charge is 0.356 e. The maximum atomic E-state index is 12.7. The molecule has 1 N–H and O–H groups in total. The molecule has 0 bridgehead atoms. The molecule has 1 aliphatic rings. The summed E-state index contributed by atoms with van der Waals surface area (Å²) in [6, 6.07) is 7.42. The zero-order chi connectivity index (χ0) is 18.9. The normalized spacial score (nSPS) is 15.8. The van der Waals surface area contributed by atoms with Gasteiger partial charge in [0, 0.05) is 37.9 Å². The Morgan fingerprint density at radius 1 is 1.08 bits per heavy atom. The Morgan fingerprint density at radius 2 is 1.69 bits per heavy atom. The number of piperazine rings is 1. The number of aromatic nitrogens is 1. The first-order valence-corrected chi connectivity index (χ1v) is 9.85. The van der Waals surface area contributed by atoms with Gasteiger partial charge in [0.15, 0.2) is 5.78 Å². The average Bonchev–Trinajstić information content (AvgIpc) is 3.07. The van der Waals surface area contributed by atoms with E-state index in [9.17, 15) is 18.0 Å². The third-order valence-electron chi connectivity index (χ3n) is 4.30. The number of halogens is 1. The SMILES string of the molecule is CC(=O)c1ccc(S(=O)(=O)N2CCN(C(=O)c3cc(Cl)c[nH]3)CC2)cc1. The van der Waals surface area contributed by atoms with Crippen LogP contribution < -0.4 is 0 Å². The molecule has 2 aromatic rings. The lowest BCUT2D eigenvalue weighted by Gasteiger charge is -2.33. The number of carbonyl (C=O) groups excluding carboxylic acids is 2. The number of sulfonamides is 1. The second-order valence-corrected chi connectivity index (χ2v) is 8.38. The Morgan fingerprint density at radius 3 is 2.19 bits per heavy atom. The molecule has 2 heterocycles. The molecule has 9 heteroatoms. The van der Waals surface area contributed by atoms with Crippen molar-refractivity contribution < 1.29 is 18.0 Å². The summed E-state index contributed by atoms with van der Waals surface area (Å²) < 4.78 is 26.8. The van der Waals surface area contributed by atoms with Gasteiger partial charge in [-0.25, -0.2) is 8.42 Å². The van der Waals surface area contributed by atoms with Gasteiger partial charge in [0.05, 0.1) is 9.92 Å². The second-order valence-electron chi connectivity index (χ2n) is 6.01. The molecule has 1 amide bonds. The van der Waals surface area contributed by atoms with Crippen LogP contribution in [0.2, 0.25) is 5.02 Å². The number of carbonyl (C=O) groups is 2. The van der Waals surface area contributed by atoms with E-state index in [1.54, 1.807) is 11.0 Å². The van der Waals surface area contributed by atoms with Crippen molar-refractivity contribution in [2.45, 2.75) is 11.8 Å². The molecule has 0 atom stereocenters. The topological polar surface area (TPSA) is 90.6 Å². The second kappa shape index (κ2) is 7.22. The van der Waals surface area contributed by atoms with Gasteiger partial charge in [-0.2, -0.15) is 4.31 Å². The van der Waals surface area contributed by atoms with Crippen molar-refractivity contribution >= 4 is 33.3 Å². The molecule has 0 radical (unpaired) electrons. The van der Waals surface area contributed by atoms with E-state index in [1.165, 1.54) is 41.7 Å². The quantitative estimate of drug-likeness (QED) is 0.802. The maximum Gasteiger partial charge on any atom is 0.270 e. The Balaban J connectivity index is 1.68. The summed E-state index contributed by atoms with van der Waals surface area (Å²) in [5, 5.41) is 0.448. The molecule has 1 aromatic heterocycles. The third-order valence-corrected chi connectivity index (χ3v) is 6.43. The van der Waals surface area contributed by atoms with Crippen LogP contribution in [0, 0.1) is 0 Å². The molecule has 1 fully saturated rings. The molecule has 0 unspecified atom stereocenters. The van der Waals surface area contributed by atoms with Crippen LogP contribution in [-0.2, 0) is 10.0 Å². The standard InChI is InChI=1S/C17H18ClN3O4S/c1-12(22)13-2-4-15(5-3-13)26(24,25)21-8-6-20(7-9-21)17(23)16-10-14(18)11-19-16/h2-5,10-11,19H,6-9H2,1H3. The Labute approximate surface area is 156 Å². The molecule has 1 aliphatic heterocycles. The van der Waals surface area contributed by atoms with Crippen LogP contribution in [0.25, 0.3) is 0 Å². The molecule has 0 saturated carbocycles. The van der Waals surface area contributed by atoms with Gasteiger partial charge in [-0.1, -0.05) is 23.7 Å². The zero-order valence-corrected chi connectivity index (χ0v) is 15.7. The van der Waals surface area contributed by atoms with Crippen molar-refractivity contribution in [3.8, 4) is 0 Å². The fourth-order valence-electron chi connectivity index (χ4n) is 2.80. The van der Waals surface area contributed by atoms with Gasteiger partial charge in [0.25, 0.3) is 5.91 Å². The maximum absolute atomic E-state index is 12.7. The lowest BCUT2D eigenvalue weighted by molar-refractivity contribution is 0.0692. The minimum absolute atomic E-state index is 0.120. The van der Waals surface area contributed by atoms with Crippen molar-refractivity contribution in [1.82, 2.24) is 14.2 Å². The zero-order valence-electron chi connectivity index (χ0n) is 14.1. The highest BCUT2D eigenvalue weighted by molar-refractivity contribution is 7.89. The minimum Gasteiger partial charge on any atom is -0.356 e. The van der Waals surface area contributed by atoms with Crippen molar-refractivity contribution in [2.75, 3.05) is 26.2 Å². The van der Waals surface area contributed by atoms with Crippen LogP contribution in [-0.4, -0.2) is 60.5 Å². The summed E-state index contributed by atoms with van der Waals surface area (Å²) in [6.07, 6.45) is 1.53. The number of H-pyrrole nitrogens is 1. The van der Waals surface area contributed by atoms with Crippen molar-refractivity contribution in [3.05, 3.63) is 52.8 Å². The molecule has 1 aromatic carbocycles. The molecule has 1 saturated heterocycles. The number of hydrogen-bond donors (Lipinski definition) is 1. The highest BCUT2D eigenvalue weighted by Gasteiger charge is 2.30. The van der Waals surface area contributed by atoms with Crippen molar-refractivity contribution in [2.24, 2.45) is 0 Å². The van der Waals surface area contributed by atoms with Gasteiger partial charge in [-0.3, -0.25) is 9.59 Å². The lowest BCUT2D eigenvalue weighted by atomic mass is 10.2. The van der Waals surface area contributed by atoms with Gasteiger partial charge >= 0.3 is 0 Å². The number of nitrogens with one attached hydrogen (secondary N) is 1. The van der Waals surface area contributed by atoms with E-state index in [1.807, 2.05) is 0 Å². The van der Waals surface area contributed by atoms with E-state index in [4.69, 9.17) is 11.6 Å². The van der Waals surface area contributed by atoms with Crippen LogP contribution in [0.3, 0.4) is 0 Å². The third kappa shape index (κ3) is 3.67. The highest BCUT2D eigenvalue weighted by Crippen LogP contribution is 2.20. The smallest absolute Gasteiger partial charge is 0.270 e. The number of ketones is 1. The average molecular weight is 396 g/mol. The lowest BCUT2D eigenvalue weighted by Crippen LogP contribution is -2.50. The summed E-state index contributed by atoms with van der Waals surface area (Å²) in [6.45, 7) is 2.42. The predicted octanol–water partition coefficient (Wildman–Crippen LogP) is 2.02. The summed E-state index contributed by atoms with van der Waals surface area (Å²) in [7, 11) is -3.66. The van der Waals surface area contributed by atoms with Crippen LogP contribution in [0.1, 0.15) is 27.8 Å². The molecule has 0 aliphatic carbocycles.